The number of hydrogen-bond donors (Lipinski definition) is 1. The second kappa shape index (κ2) is 9.66. The first-order valence-electron chi connectivity index (χ1n) is 11.8. The number of carbonyl (C=O) groups is 2. The number of rotatable bonds is 7. The van der Waals surface area contributed by atoms with Gasteiger partial charge in [-0.15, -0.1) is 5.10 Å². The summed E-state index contributed by atoms with van der Waals surface area (Å²) in [5, 5.41) is 8.41. The van der Waals surface area contributed by atoms with Crippen LogP contribution in [0.1, 0.15) is 48.7 Å². The number of Topliss-reactive ketones (excluding diaryl/α,β-unsaturated/α-hetero) is 2. The molecule has 0 fully saturated rings. The lowest BCUT2D eigenvalue weighted by atomic mass is 9.73. The molecule has 1 N–H and O–H groups in total. The number of para-hydroxylation sites is 1. The van der Waals surface area contributed by atoms with E-state index in [0.717, 1.165) is 11.3 Å². The highest BCUT2D eigenvalue weighted by atomic mass is 32.2. The molecule has 37 heavy (non-hydrogen) atoms. The van der Waals surface area contributed by atoms with Crippen LogP contribution in [0.3, 0.4) is 0 Å². The third-order valence-electron chi connectivity index (χ3n) is 6.54. The quantitative estimate of drug-likeness (QED) is 0.340. The summed E-state index contributed by atoms with van der Waals surface area (Å²) < 4.78 is 26.1. The fourth-order valence-electron chi connectivity index (χ4n) is 4.91. The predicted octanol–water partition coefficient (Wildman–Crippen LogP) is 5.07. The van der Waals surface area contributed by atoms with E-state index in [1.54, 1.807) is 25.0 Å². The molecule has 5 rings (SSSR count). The Hall–Kier alpha value is -3.66. The molecule has 3 aromatic rings. The lowest BCUT2D eigenvalue weighted by Gasteiger charge is -2.38. The van der Waals surface area contributed by atoms with Crippen molar-refractivity contribution in [1.82, 2.24) is 14.8 Å². The smallest absolute Gasteiger partial charge is 0.227 e. The summed E-state index contributed by atoms with van der Waals surface area (Å²) in [6, 6.07) is 10.4. The molecule has 192 valence electrons. The number of hydrogen-bond acceptors (Lipinski definition) is 8. The summed E-state index contributed by atoms with van der Waals surface area (Å²) in [7, 11) is 3.13. The highest BCUT2D eigenvalue weighted by molar-refractivity contribution is 7.99. The van der Waals surface area contributed by atoms with E-state index in [1.165, 1.54) is 36.0 Å². The number of nitrogens with zero attached hydrogens (tertiary/aromatic N) is 3. The van der Waals surface area contributed by atoms with E-state index in [-0.39, 0.29) is 22.7 Å². The topological polar surface area (TPSA) is 95.3 Å². The number of thioether (sulfide) groups is 1. The lowest BCUT2D eigenvalue weighted by molar-refractivity contribution is -0.118. The number of anilines is 1. The molecule has 0 radical (unpaired) electrons. The zero-order chi connectivity index (χ0) is 26.3. The molecule has 0 saturated heterocycles. The summed E-state index contributed by atoms with van der Waals surface area (Å²) in [6.45, 7) is 4.14. The Bertz CT molecular complexity index is 1410. The molecule has 0 amide bonds. The van der Waals surface area contributed by atoms with Crippen molar-refractivity contribution in [2.24, 2.45) is 5.41 Å². The molecule has 0 spiro atoms. The van der Waals surface area contributed by atoms with Crippen LogP contribution in [-0.2, 0) is 4.79 Å². The number of methoxy groups -OCH3 is 2. The Morgan fingerprint density at radius 2 is 1.92 bits per heavy atom. The SMILES string of the molecule is COc1cccc(C2C3=C(CC(C)(C)CC3=O)Nc3nc(SCC(=O)c4ccc(F)cc4)nn32)c1OC. The molecule has 1 aliphatic heterocycles. The largest absolute Gasteiger partial charge is 0.493 e. The van der Waals surface area contributed by atoms with Gasteiger partial charge in [-0.05, 0) is 42.2 Å². The van der Waals surface area contributed by atoms with Crippen molar-refractivity contribution in [3.05, 3.63) is 70.7 Å². The Kier molecular flexibility index (Phi) is 6.53. The fourth-order valence-corrected chi connectivity index (χ4v) is 5.64. The maximum absolute atomic E-state index is 13.5. The fraction of sp³-hybridized carbons (Fsp3) is 0.333. The van der Waals surface area contributed by atoms with Gasteiger partial charge in [0.2, 0.25) is 11.1 Å². The Labute approximate surface area is 218 Å². The zero-order valence-corrected chi connectivity index (χ0v) is 21.8. The van der Waals surface area contributed by atoms with Crippen LogP contribution in [0, 0.1) is 11.2 Å². The average Bonchev–Trinajstić information content (AvgIpc) is 3.27. The van der Waals surface area contributed by atoms with Crippen molar-refractivity contribution in [2.75, 3.05) is 25.3 Å². The third kappa shape index (κ3) is 4.73. The van der Waals surface area contributed by atoms with E-state index in [0.29, 0.717) is 46.6 Å². The zero-order valence-electron chi connectivity index (χ0n) is 21.0. The maximum Gasteiger partial charge on any atom is 0.227 e. The molecule has 2 heterocycles. The summed E-state index contributed by atoms with van der Waals surface area (Å²) in [6.07, 6.45) is 1.09. The van der Waals surface area contributed by atoms with Crippen LogP contribution in [0.2, 0.25) is 0 Å². The number of fused-ring (bicyclic) bond motifs is 1. The molecule has 0 saturated carbocycles. The van der Waals surface area contributed by atoms with Crippen LogP contribution in [0.5, 0.6) is 11.5 Å². The van der Waals surface area contributed by atoms with E-state index in [4.69, 9.17) is 14.6 Å². The minimum absolute atomic E-state index is 0.0375. The third-order valence-corrected chi connectivity index (χ3v) is 7.38. The number of nitrogens with one attached hydrogen (secondary N) is 1. The van der Waals surface area contributed by atoms with Crippen LogP contribution >= 0.6 is 11.8 Å². The number of halogens is 1. The molecule has 1 atom stereocenters. The molecule has 0 bridgehead atoms. The second-order valence-electron chi connectivity index (χ2n) is 9.82. The van der Waals surface area contributed by atoms with Crippen molar-refractivity contribution >= 4 is 29.3 Å². The normalized spacial score (nSPS) is 18.1. The van der Waals surface area contributed by atoms with Crippen LogP contribution < -0.4 is 14.8 Å². The van der Waals surface area contributed by atoms with Crippen molar-refractivity contribution in [3.8, 4) is 11.5 Å². The van der Waals surface area contributed by atoms with E-state index in [9.17, 15) is 14.0 Å². The molecular weight excluding hydrogens is 495 g/mol. The lowest BCUT2D eigenvalue weighted by Crippen LogP contribution is -2.36. The Morgan fingerprint density at radius 1 is 1.16 bits per heavy atom. The number of allylic oxidation sites excluding steroid dienone is 2. The van der Waals surface area contributed by atoms with Crippen molar-refractivity contribution in [2.45, 2.75) is 37.9 Å². The highest BCUT2D eigenvalue weighted by Crippen LogP contribution is 2.48. The monoisotopic (exact) mass is 522 g/mol. The van der Waals surface area contributed by atoms with Crippen LogP contribution in [0.4, 0.5) is 10.3 Å². The molecule has 2 aromatic carbocycles. The second-order valence-corrected chi connectivity index (χ2v) is 10.8. The first kappa shape index (κ1) is 25.0. The number of benzene rings is 2. The molecule has 1 aliphatic carbocycles. The average molecular weight is 523 g/mol. The van der Waals surface area contributed by atoms with Gasteiger partial charge in [0.25, 0.3) is 0 Å². The summed E-state index contributed by atoms with van der Waals surface area (Å²) in [5.74, 6) is 1.11. The molecule has 1 unspecified atom stereocenters. The first-order chi connectivity index (χ1) is 17.7. The van der Waals surface area contributed by atoms with Gasteiger partial charge in [-0.2, -0.15) is 4.98 Å². The minimum atomic E-state index is -0.574. The molecule has 8 nitrogen and oxygen atoms in total. The highest BCUT2D eigenvalue weighted by Gasteiger charge is 2.43. The van der Waals surface area contributed by atoms with Crippen LogP contribution in [0.25, 0.3) is 0 Å². The molecule has 2 aliphatic rings. The van der Waals surface area contributed by atoms with E-state index >= 15 is 0 Å². The summed E-state index contributed by atoms with van der Waals surface area (Å²) in [4.78, 5) is 30.8. The molecule has 1 aromatic heterocycles. The van der Waals surface area contributed by atoms with Crippen molar-refractivity contribution in [3.63, 3.8) is 0 Å². The van der Waals surface area contributed by atoms with Crippen molar-refractivity contribution in [1.29, 1.82) is 0 Å². The van der Waals surface area contributed by atoms with Gasteiger partial charge in [-0.1, -0.05) is 37.7 Å². The van der Waals surface area contributed by atoms with E-state index < -0.39 is 11.9 Å². The molecule has 10 heteroatoms. The van der Waals surface area contributed by atoms with Gasteiger partial charge < -0.3 is 14.8 Å². The summed E-state index contributed by atoms with van der Waals surface area (Å²) in [5.41, 5.74) is 2.39. The van der Waals surface area contributed by atoms with Crippen molar-refractivity contribution < 1.29 is 23.5 Å². The first-order valence-corrected chi connectivity index (χ1v) is 12.8. The van der Waals surface area contributed by atoms with Gasteiger partial charge in [0, 0.05) is 28.8 Å². The number of ether oxygens (including phenoxy) is 2. The number of aromatic nitrogens is 3. The van der Waals surface area contributed by atoms with Gasteiger partial charge in [-0.25, -0.2) is 9.07 Å². The number of ketones is 2. The number of carbonyl (C=O) groups excluding carboxylic acids is 2. The van der Waals surface area contributed by atoms with Crippen LogP contribution in [-0.4, -0.2) is 46.3 Å². The maximum atomic E-state index is 13.5. The Morgan fingerprint density at radius 3 is 2.62 bits per heavy atom. The summed E-state index contributed by atoms with van der Waals surface area (Å²) >= 11 is 1.18. The van der Waals surface area contributed by atoms with E-state index in [1.807, 2.05) is 12.1 Å². The van der Waals surface area contributed by atoms with E-state index in [2.05, 4.69) is 24.1 Å². The van der Waals surface area contributed by atoms with Gasteiger partial charge >= 0.3 is 0 Å². The molecular formula is C27H27FN4O4S. The Balaban J connectivity index is 1.53. The van der Waals surface area contributed by atoms with Gasteiger partial charge in [-0.3, -0.25) is 9.59 Å². The van der Waals surface area contributed by atoms with Crippen LogP contribution in [0.15, 0.2) is 58.9 Å². The van der Waals surface area contributed by atoms with Gasteiger partial charge in [0.15, 0.2) is 23.1 Å². The van der Waals surface area contributed by atoms with Gasteiger partial charge in [0.1, 0.15) is 11.9 Å². The minimum Gasteiger partial charge on any atom is -0.493 e. The predicted molar refractivity (Wildman–Crippen MR) is 138 cm³/mol. The van der Waals surface area contributed by atoms with Gasteiger partial charge in [0.05, 0.1) is 20.0 Å². The standard InChI is InChI=1S/C27H27FN4O4S/c1-27(2)12-18-22(19(33)13-27)23(17-6-5-7-21(35-3)24(17)36-4)32-25(29-18)30-26(31-32)37-14-20(34)15-8-10-16(28)11-9-15/h5-11,23H,12-14H2,1-4H3,(H,29,30,31).